The number of rotatable bonds is 5. The Balaban J connectivity index is 2.20. The van der Waals surface area contributed by atoms with Gasteiger partial charge in [-0.2, -0.15) is 0 Å². The lowest BCUT2D eigenvalue weighted by Crippen LogP contribution is -2.46. The molecule has 0 amide bonds. The molecule has 2 heteroatoms. The molecule has 0 radical (unpaired) electrons. The standard InChI is InChI=1S/C13H27NO/c1-10(2)8-9-11(3)14-12-6-4-5-7-13(12)15/h10-15H,4-9H2,1-3H3/t11-,12+,13+/m1/s1. The molecule has 15 heavy (non-hydrogen) atoms. The molecule has 0 aromatic rings. The molecule has 1 aliphatic rings. The highest BCUT2D eigenvalue weighted by Gasteiger charge is 2.23. The maximum atomic E-state index is 9.83. The molecule has 2 nitrogen and oxygen atoms in total. The van der Waals surface area contributed by atoms with E-state index in [1.54, 1.807) is 0 Å². The van der Waals surface area contributed by atoms with Crippen molar-refractivity contribution < 1.29 is 5.11 Å². The van der Waals surface area contributed by atoms with Crippen LogP contribution in [0.1, 0.15) is 59.3 Å². The van der Waals surface area contributed by atoms with Crippen LogP contribution in [0.3, 0.4) is 0 Å². The van der Waals surface area contributed by atoms with Gasteiger partial charge in [-0.05, 0) is 38.5 Å². The van der Waals surface area contributed by atoms with Crippen LogP contribution in [0.4, 0.5) is 0 Å². The van der Waals surface area contributed by atoms with Gasteiger partial charge in [-0.3, -0.25) is 0 Å². The molecule has 2 N–H and O–H groups in total. The van der Waals surface area contributed by atoms with E-state index in [4.69, 9.17) is 0 Å². The number of hydrogen-bond acceptors (Lipinski definition) is 2. The van der Waals surface area contributed by atoms with Crippen molar-refractivity contribution in [3.05, 3.63) is 0 Å². The molecule has 0 bridgehead atoms. The molecule has 0 saturated heterocycles. The molecular weight excluding hydrogens is 186 g/mol. The second-order valence-electron chi connectivity index (χ2n) is 5.50. The summed E-state index contributed by atoms with van der Waals surface area (Å²) in [6, 6.07) is 0.895. The van der Waals surface area contributed by atoms with E-state index in [1.165, 1.54) is 25.7 Å². The zero-order valence-corrected chi connectivity index (χ0v) is 10.5. The summed E-state index contributed by atoms with van der Waals surface area (Å²) in [7, 11) is 0. The zero-order chi connectivity index (χ0) is 11.3. The van der Waals surface area contributed by atoms with Crippen LogP contribution in [0.2, 0.25) is 0 Å². The van der Waals surface area contributed by atoms with E-state index in [0.29, 0.717) is 12.1 Å². The Morgan fingerprint density at radius 3 is 2.40 bits per heavy atom. The predicted molar refractivity (Wildman–Crippen MR) is 64.9 cm³/mol. The van der Waals surface area contributed by atoms with Crippen LogP contribution in [-0.4, -0.2) is 23.3 Å². The van der Waals surface area contributed by atoms with E-state index in [9.17, 15) is 5.11 Å². The molecule has 0 heterocycles. The van der Waals surface area contributed by atoms with Gasteiger partial charge in [0.25, 0.3) is 0 Å². The highest BCUT2D eigenvalue weighted by atomic mass is 16.3. The lowest BCUT2D eigenvalue weighted by Gasteiger charge is -2.31. The topological polar surface area (TPSA) is 32.3 Å². The molecule has 0 aromatic heterocycles. The van der Waals surface area contributed by atoms with Crippen molar-refractivity contribution in [1.82, 2.24) is 5.32 Å². The van der Waals surface area contributed by atoms with Crippen molar-refractivity contribution in [3.63, 3.8) is 0 Å². The van der Waals surface area contributed by atoms with E-state index in [2.05, 4.69) is 26.1 Å². The number of nitrogens with one attached hydrogen (secondary N) is 1. The highest BCUT2D eigenvalue weighted by Crippen LogP contribution is 2.19. The van der Waals surface area contributed by atoms with Gasteiger partial charge >= 0.3 is 0 Å². The molecule has 0 aliphatic heterocycles. The van der Waals surface area contributed by atoms with Gasteiger partial charge in [0, 0.05) is 12.1 Å². The van der Waals surface area contributed by atoms with Crippen molar-refractivity contribution in [3.8, 4) is 0 Å². The van der Waals surface area contributed by atoms with Crippen LogP contribution in [0.5, 0.6) is 0 Å². The van der Waals surface area contributed by atoms with Gasteiger partial charge in [-0.25, -0.2) is 0 Å². The van der Waals surface area contributed by atoms with Crippen LogP contribution in [0.15, 0.2) is 0 Å². The smallest absolute Gasteiger partial charge is 0.0693 e. The van der Waals surface area contributed by atoms with Crippen LogP contribution in [-0.2, 0) is 0 Å². The fraction of sp³-hybridized carbons (Fsp3) is 1.00. The van der Waals surface area contributed by atoms with Gasteiger partial charge in [0.1, 0.15) is 0 Å². The average molecular weight is 213 g/mol. The summed E-state index contributed by atoms with van der Waals surface area (Å²) in [5, 5.41) is 13.4. The first kappa shape index (κ1) is 13.0. The summed E-state index contributed by atoms with van der Waals surface area (Å²) < 4.78 is 0. The van der Waals surface area contributed by atoms with E-state index >= 15 is 0 Å². The second kappa shape index (κ2) is 6.49. The minimum Gasteiger partial charge on any atom is -0.392 e. The minimum absolute atomic E-state index is 0.111. The maximum Gasteiger partial charge on any atom is 0.0693 e. The predicted octanol–water partition coefficient (Wildman–Crippen LogP) is 2.70. The Morgan fingerprint density at radius 1 is 1.13 bits per heavy atom. The summed E-state index contributed by atoms with van der Waals surface area (Å²) in [4.78, 5) is 0. The van der Waals surface area contributed by atoms with E-state index in [1.807, 2.05) is 0 Å². The summed E-state index contributed by atoms with van der Waals surface area (Å²) in [6.45, 7) is 6.77. The summed E-state index contributed by atoms with van der Waals surface area (Å²) >= 11 is 0. The van der Waals surface area contributed by atoms with E-state index in [0.717, 1.165) is 18.8 Å². The lowest BCUT2D eigenvalue weighted by atomic mass is 9.91. The van der Waals surface area contributed by atoms with Gasteiger partial charge in [-0.1, -0.05) is 26.7 Å². The molecule has 1 saturated carbocycles. The Labute approximate surface area is 94.5 Å². The summed E-state index contributed by atoms with van der Waals surface area (Å²) in [6.07, 6.45) is 6.98. The quantitative estimate of drug-likeness (QED) is 0.736. The first-order valence-corrected chi connectivity index (χ1v) is 6.53. The van der Waals surface area contributed by atoms with Gasteiger partial charge in [-0.15, -0.1) is 0 Å². The summed E-state index contributed by atoms with van der Waals surface area (Å²) in [5.74, 6) is 0.783. The van der Waals surface area contributed by atoms with Crippen LogP contribution in [0, 0.1) is 5.92 Å². The fourth-order valence-corrected chi connectivity index (χ4v) is 2.34. The van der Waals surface area contributed by atoms with Crippen molar-refractivity contribution in [2.75, 3.05) is 0 Å². The molecule has 1 rings (SSSR count). The SMILES string of the molecule is CC(C)CC[C@@H](C)N[C@H]1CCCC[C@@H]1O. The Morgan fingerprint density at radius 2 is 1.80 bits per heavy atom. The molecule has 1 aliphatic carbocycles. The normalized spacial score (nSPS) is 29.4. The third kappa shape index (κ3) is 4.98. The van der Waals surface area contributed by atoms with E-state index in [-0.39, 0.29) is 6.10 Å². The average Bonchev–Trinajstić information content (AvgIpc) is 2.18. The Bertz CT molecular complexity index is 170. The third-order valence-electron chi connectivity index (χ3n) is 3.41. The number of aliphatic hydroxyl groups is 1. The molecular formula is C13H27NO. The largest absolute Gasteiger partial charge is 0.392 e. The molecule has 0 unspecified atom stereocenters. The minimum atomic E-state index is -0.111. The Kier molecular flexibility index (Phi) is 5.62. The number of aliphatic hydroxyl groups excluding tert-OH is 1. The molecule has 0 aromatic carbocycles. The molecule has 90 valence electrons. The third-order valence-corrected chi connectivity index (χ3v) is 3.41. The van der Waals surface area contributed by atoms with Crippen molar-refractivity contribution >= 4 is 0 Å². The zero-order valence-electron chi connectivity index (χ0n) is 10.5. The summed E-state index contributed by atoms with van der Waals surface area (Å²) in [5.41, 5.74) is 0. The second-order valence-corrected chi connectivity index (χ2v) is 5.50. The van der Waals surface area contributed by atoms with Gasteiger partial charge in [0.15, 0.2) is 0 Å². The maximum absolute atomic E-state index is 9.83. The number of hydrogen-bond donors (Lipinski definition) is 2. The highest BCUT2D eigenvalue weighted by molar-refractivity contribution is 4.82. The lowest BCUT2D eigenvalue weighted by molar-refractivity contribution is 0.0850. The van der Waals surface area contributed by atoms with E-state index < -0.39 is 0 Å². The monoisotopic (exact) mass is 213 g/mol. The molecule has 1 fully saturated rings. The fourth-order valence-electron chi connectivity index (χ4n) is 2.34. The van der Waals surface area contributed by atoms with Crippen LogP contribution < -0.4 is 5.32 Å². The Hall–Kier alpha value is -0.0800. The van der Waals surface area contributed by atoms with Gasteiger partial charge in [0.2, 0.25) is 0 Å². The van der Waals surface area contributed by atoms with Crippen molar-refractivity contribution in [2.45, 2.75) is 77.5 Å². The van der Waals surface area contributed by atoms with Crippen LogP contribution >= 0.6 is 0 Å². The van der Waals surface area contributed by atoms with Crippen LogP contribution in [0.25, 0.3) is 0 Å². The molecule has 3 atom stereocenters. The van der Waals surface area contributed by atoms with Gasteiger partial charge in [0.05, 0.1) is 6.10 Å². The first-order valence-electron chi connectivity index (χ1n) is 6.53. The van der Waals surface area contributed by atoms with Gasteiger partial charge < -0.3 is 10.4 Å². The van der Waals surface area contributed by atoms with Crippen molar-refractivity contribution in [2.24, 2.45) is 5.92 Å². The van der Waals surface area contributed by atoms with Crippen molar-refractivity contribution in [1.29, 1.82) is 0 Å². The first-order chi connectivity index (χ1) is 7.09. The molecule has 0 spiro atoms.